The average molecular weight is 306 g/mol. The van der Waals surface area contributed by atoms with Crippen molar-refractivity contribution in [2.24, 2.45) is 5.14 Å². The summed E-state index contributed by atoms with van der Waals surface area (Å²) in [5, 5.41) is 7.60. The first kappa shape index (κ1) is 15.0. The van der Waals surface area contributed by atoms with Crippen molar-refractivity contribution in [3.8, 4) is 0 Å². The molecule has 0 spiro atoms. The van der Waals surface area contributed by atoms with E-state index in [-0.39, 0.29) is 11.7 Å². The zero-order chi connectivity index (χ0) is 15.3. The number of anilines is 1. The quantitative estimate of drug-likeness (QED) is 0.821. The van der Waals surface area contributed by atoms with Crippen LogP contribution in [-0.4, -0.2) is 14.3 Å². The number of primary sulfonamides is 1. The van der Waals surface area contributed by atoms with Crippen LogP contribution in [0.15, 0.2) is 53.2 Å². The third-order valence-electron chi connectivity index (χ3n) is 2.53. The first-order valence-electron chi connectivity index (χ1n) is 6.04. The van der Waals surface area contributed by atoms with E-state index in [1.807, 2.05) is 0 Å². The van der Waals surface area contributed by atoms with Gasteiger partial charge >= 0.3 is 0 Å². The number of nitrogens with one attached hydrogen (secondary N) is 1. The highest BCUT2D eigenvalue weighted by molar-refractivity contribution is 7.88. The Bertz CT molecular complexity index is 732. The van der Waals surface area contributed by atoms with Crippen LogP contribution in [0.4, 0.5) is 5.69 Å². The van der Waals surface area contributed by atoms with Crippen LogP contribution < -0.4 is 10.5 Å². The Morgan fingerprint density at radius 3 is 2.52 bits per heavy atom. The zero-order valence-corrected chi connectivity index (χ0v) is 11.8. The van der Waals surface area contributed by atoms with Crippen molar-refractivity contribution in [3.05, 3.63) is 60.1 Å². The molecule has 0 fully saturated rings. The van der Waals surface area contributed by atoms with Crippen molar-refractivity contribution in [2.45, 2.75) is 5.75 Å². The maximum absolute atomic E-state index is 11.7. The molecule has 110 valence electrons. The van der Waals surface area contributed by atoms with Gasteiger partial charge < -0.3 is 9.73 Å². The molecule has 6 nitrogen and oxygen atoms in total. The Morgan fingerprint density at radius 1 is 1.24 bits per heavy atom. The van der Waals surface area contributed by atoms with Gasteiger partial charge in [0.05, 0.1) is 12.0 Å². The summed E-state index contributed by atoms with van der Waals surface area (Å²) >= 11 is 0. The van der Waals surface area contributed by atoms with Gasteiger partial charge in [-0.15, -0.1) is 0 Å². The summed E-state index contributed by atoms with van der Waals surface area (Å²) < 4.78 is 27.0. The van der Waals surface area contributed by atoms with Crippen molar-refractivity contribution in [3.63, 3.8) is 0 Å². The molecule has 2 rings (SSSR count). The van der Waals surface area contributed by atoms with E-state index < -0.39 is 10.0 Å². The van der Waals surface area contributed by atoms with E-state index in [1.54, 1.807) is 42.5 Å². The lowest BCUT2D eigenvalue weighted by atomic mass is 10.2. The van der Waals surface area contributed by atoms with Gasteiger partial charge in [-0.1, -0.05) is 12.1 Å². The van der Waals surface area contributed by atoms with Gasteiger partial charge in [0.25, 0.3) is 0 Å². The van der Waals surface area contributed by atoms with Crippen LogP contribution in [0.25, 0.3) is 6.08 Å². The van der Waals surface area contributed by atoms with Gasteiger partial charge in [-0.2, -0.15) is 0 Å². The van der Waals surface area contributed by atoms with Crippen LogP contribution in [-0.2, 0) is 20.6 Å². The third kappa shape index (κ3) is 5.25. The molecule has 0 atom stereocenters. The fourth-order valence-corrected chi connectivity index (χ4v) is 2.30. The van der Waals surface area contributed by atoms with E-state index in [2.05, 4.69) is 5.32 Å². The Morgan fingerprint density at radius 2 is 1.95 bits per heavy atom. The smallest absolute Gasteiger partial charge is 0.248 e. The Balaban J connectivity index is 1.95. The number of rotatable bonds is 5. The highest BCUT2D eigenvalue weighted by Gasteiger charge is 2.05. The number of amides is 1. The van der Waals surface area contributed by atoms with Crippen LogP contribution in [0.1, 0.15) is 11.3 Å². The van der Waals surface area contributed by atoms with Crippen molar-refractivity contribution in [1.29, 1.82) is 0 Å². The van der Waals surface area contributed by atoms with Crippen LogP contribution in [0.2, 0.25) is 0 Å². The number of furan rings is 1. The van der Waals surface area contributed by atoms with Crippen LogP contribution >= 0.6 is 0 Å². The normalized spacial score (nSPS) is 11.7. The Hall–Kier alpha value is -2.38. The van der Waals surface area contributed by atoms with Crippen LogP contribution in [0, 0.1) is 0 Å². The zero-order valence-electron chi connectivity index (χ0n) is 11.0. The van der Waals surface area contributed by atoms with Gasteiger partial charge in [0.15, 0.2) is 0 Å². The standard InChI is InChI=1S/C14H14N2O4S/c15-21(18,19)10-11-3-5-12(6-4-11)16-14(17)8-7-13-2-1-9-20-13/h1-9H,10H2,(H,16,17)(H2,15,18,19). The maximum atomic E-state index is 11.7. The molecule has 0 aliphatic rings. The second-order valence-corrected chi connectivity index (χ2v) is 5.96. The second-order valence-electron chi connectivity index (χ2n) is 4.34. The monoisotopic (exact) mass is 306 g/mol. The largest absolute Gasteiger partial charge is 0.465 e. The minimum atomic E-state index is -3.56. The minimum absolute atomic E-state index is 0.236. The summed E-state index contributed by atoms with van der Waals surface area (Å²) in [5.41, 5.74) is 1.11. The van der Waals surface area contributed by atoms with E-state index >= 15 is 0 Å². The number of hydrogen-bond donors (Lipinski definition) is 2. The van der Waals surface area contributed by atoms with E-state index in [0.29, 0.717) is 17.0 Å². The fourth-order valence-electron chi connectivity index (χ4n) is 1.64. The molecule has 0 aliphatic heterocycles. The average Bonchev–Trinajstić information content (AvgIpc) is 2.90. The van der Waals surface area contributed by atoms with Crippen molar-refractivity contribution in [2.75, 3.05) is 5.32 Å². The molecule has 1 amide bonds. The van der Waals surface area contributed by atoms with Crippen LogP contribution in [0.3, 0.4) is 0 Å². The van der Waals surface area contributed by atoms with E-state index in [4.69, 9.17) is 9.56 Å². The molecule has 0 radical (unpaired) electrons. The predicted molar refractivity (Wildman–Crippen MR) is 79.6 cm³/mol. The van der Waals surface area contributed by atoms with E-state index in [1.165, 1.54) is 12.3 Å². The number of carbonyl (C=O) groups is 1. The molecule has 0 unspecified atom stereocenters. The molecule has 1 aromatic carbocycles. The number of sulfonamides is 1. The molecule has 0 saturated carbocycles. The van der Waals surface area contributed by atoms with Crippen molar-refractivity contribution < 1.29 is 17.6 Å². The topological polar surface area (TPSA) is 102 Å². The van der Waals surface area contributed by atoms with Gasteiger partial charge in [0.1, 0.15) is 5.76 Å². The summed E-state index contributed by atoms with van der Waals surface area (Å²) in [6.45, 7) is 0. The molecule has 3 N–H and O–H groups in total. The van der Waals surface area contributed by atoms with Gasteiger partial charge in [0.2, 0.25) is 15.9 Å². The van der Waals surface area contributed by atoms with E-state index in [9.17, 15) is 13.2 Å². The maximum Gasteiger partial charge on any atom is 0.248 e. The Labute approximate surface area is 122 Å². The fraction of sp³-hybridized carbons (Fsp3) is 0.0714. The predicted octanol–water partition coefficient (Wildman–Crippen LogP) is 1.72. The van der Waals surface area contributed by atoms with Crippen molar-refractivity contribution in [1.82, 2.24) is 0 Å². The number of carbonyl (C=O) groups excluding carboxylic acids is 1. The summed E-state index contributed by atoms with van der Waals surface area (Å²) in [6.07, 6.45) is 4.41. The lowest BCUT2D eigenvalue weighted by molar-refractivity contribution is -0.111. The SMILES string of the molecule is NS(=O)(=O)Cc1ccc(NC(=O)C=Cc2ccco2)cc1. The Kier molecular flexibility index (Phi) is 4.56. The summed E-state index contributed by atoms with van der Waals surface area (Å²) in [6, 6.07) is 9.86. The molecule has 7 heteroatoms. The summed E-state index contributed by atoms with van der Waals surface area (Å²) in [5.74, 6) is 0.0267. The third-order valence-corrected chi connectivity index (χ3v) is 3.27. The van der Waals surface area contributed by atoms with Gasteiger partial charge in [-0.3, -0.25) is 4.79 Å². The second kappa shape index (κ2) is 6.38. The van der Waals surface area contributed by atoms with Gasteiger partial charge in [-0.25, -0.2) is 13.6 Å². The number of nitrogens with two attached hydrogens (primary N) is 1. The number of benzene rings is 1. The number of hydrogen-bond acceptors (Lipinski definition) is 4. The molecule has 2 aromatic rings. The molecular formula is C14H14N2O4S. The molecule has 0 saturated heterocycles. The summed E-state index contributed by atoms with van der Waals surface area (Å²) in [7, 11) is -3.56. The molecular weight excluding hydrogens is 292 g/mol. The van der Waals surface area contributed by atoms with Crippen LogP contribution in [0.5, 0.6) is 0 Å². The lowest BCUT2D eigenvalue weighted by Gasteiger charge is -2.04. The van der Waals surface area contributed by atoms with E-state index in [0.717, 1.165) is 0 Å². The minimum Gasteiger partial charge on any atom is -0.465 e. The first-order valence-corrected chi connectivity index (χ1v) is 7.76. The molecule has 1 heterocycles. The van der Waals surface area contributed by atoms with Gasteiger partial charge in [0, 0.05) is 11.8 Å². The first-order chi connectivity index (χ1) is 9.92. The molecule has 1 aromatic heterocycles. The summed E-state index contributed by atoms with van der Waals surface area (Å²) in [4.78, 5) is 11.7. The lowest BCUT2D eigenvalue weighted by Crippen LogP contribution is -2.14. The molecule has 0 bridgehead atoms. The molecule has 0 aliphatic carbocycles. The highest BCUT2D eigenvalue weighted by atomic mass is 32.2. The molecule has 21 heavy (non-hydrogen) atoms. The van der Waals surface area contributed by atoms with Gasteiger partial charge in [-0.05, 0) is 35.9 Å². The highest BCUT2D eigenvalue weighted by Crippen LogP contribution is 2.11. The van der Waals surface area contributed by atoms with Crippen molar-refractivity contribution >= 4 is 27.7 Å².